The third kappa shape index (κ3) is 141. The summed E-state index contributed by atoms with van der Waals surface area (Å²) in [6, 6.07) is 0. The molecule has 0 aromatic carbocycles. The average Bonchev–Trinajstić information content (AvgIpc) is 2.18. The van der Waals surface area contributed by atoms with Crippen LogP contribution in [0.4, 0.5) is 0 Å². The van der Waals surface area contributed by atoms with Crippen LogP contribution in [0.3, 0.4) is 0 Å². The van der Waals surface area contributed by atoms with Gasteiger partial charge in [-0.15, -0.1) is 0 Å². The Morgan fingerprint density at radius 3 is 0.310 bits per heavy atom. The molecule has 0 aromatic heterocycles. The van der Waals surface area contributed by atoms with Gasteiger partial charge in [-0.25, -0.2) is 0 Å². The number of carboxylic acids is 6. The average molecular weight is 704 g/mol. The second-order valence-corrected chi connectivity index (χ2v) is 1.72. The number of hydrogen-bond donors (Lipinski definition) is 0. The van der Waals surface area contributed by atoms with Crippen LogP contribution in [0.25, 0.3) is 0 Å². The monoisotopic (exact) mass is 704 g/mol. The number of rotatable bonds is 0. The van der Waals surface area contributed by atoms with Crippen molar-refractivity contribution >= 4 is 35.8 Å². The number of carbonyl (C=O) groups excluding carboxylic acids is 6. The quantitative estimate of drug-likeness (QED) is 0.212. The molecule has 0 aromatic rings. The van der Waals surface area contributed by atoms with E-state index >= 15 is 0 Å². The van der Waals surface area contributed by atoms with E-state index in [1.165, 1.54) is 0 Å². The fourth-order valence-electron chi connectivity index (χ4n) is 0. The van der Waals surface area contributed by atoms with Crippen molar-refractivity contribution in [2.75, 3.05) is 0 Å². The predicted octanol–water partition coefficient (Wildman–Crippen LogP) is -18.0. The molecule has 0 spiro atoms. The van der Waals surface area contributed by atoms with Crippen LogP contribution in [-0.2, 0) is 28.8 Å². The molecule has 0 saturated carbocycles. The maximum absolute atomic E-state index is 8.93. The zero-order chi connectivity index (χ0) is 15.5. The minimum atomic E-state index is -2.19. The van der Waals surface area contributed by atoms with Crippen LogP contribution in [0.15, 0.2) is 0 Å². The summed E-state index contributed by atoms with van der Waals surface area (Å²) in [6.45, 7) is 0. The summed E-state index contributed by atoms with van der Waals surface area (Å²) in [5, 5.41) is 53.6. The topological polar surface area (TPSA) is 524 Å². The first-order valence-corrected chi connectivity index (χ1v) is 3.20. The van der Waals surface area contributed by atoms with Gasteiger partial charge in [0.15, 0.2) is 0 Å². The molecule has 0 heterocycles. The molecule has 0 aliphatic carbocycles. The first kappa shape index (κ1) is 105. The van der Waals surface area contributed by atoms with E-state index in [9.17, 15) is 0 Å². The molecular formula is C6H18La2O21. The molecule has 0 amide bonds. The molecule has 18 N–H and O–H groups in total. The standard InChI is InChI=1S/3C2H2O4.2La.9H2O/c3*3-1(4)2(5)6;;;;;;;;;;;/h3*(H,3,4)(H,5,6);;;9*1H2/q;;;2*+3;;;;;;;;;/p-6. The Morgan fingerprint density at radius 1 is 0.276 bits per heavy atom. The Hall–Kier alpha value is -1.15. The molecule has 0 rings (SSSR count). The largest absolute Gasteiger partial charge is 3.00 e. The van der Waals surface area contributed by atoms with Crippen molar-refractivity contribution in [3.05, 3.63) is 0 Å². The molecule has 29 heavy (non-hydrogen) atoms. The van der Waals surface area contributed by atoms with E-state index in [1.807, 2.05) is 0 Å². The van der Waals surface area contributed by atoms with Crippen LogP contribution in [0.1, 0.15) is 0 Å². The van der Waals surface area contributed by atoms with Gasteiger partial charge in [-0.1, -0.05) is 0 Å². The number of hydrogen-bond acceptors (Lipinski definition) is 12. The Labute approximate surface area is 214 Å². The Balaban J connectivity index is -0.00000000815. The van der Waals surface area contributed by atoms with Crippen molar-refractivity contribution in [2.45, 2.75) is 0 Å². The summed E-state index contributed by atoms with van der Waals surface area (Å²) in [6.07, 6.45) is 0. The molecule has 0 unspecified atom stereocenters. The maximum atomic E-state index is 8.93. The second-order valence-electron chi connectivity index (χ2n) is 1.72. The number of aliphatic carboxylic acids is 6. The van der Waals surface area contributed by atoms with Crippen molar-refractivity contribution in [2.24, 2.45) is 0 Å². The summed E-state index contributed by atoms with van der Waals surface area (Å²) in [5.41, 5.74) is 0. The summed E-state index contributed by atoms with van der Waals surface area (Å²) in [7, 11) is 0. The first-order chi connectivity index (χ1) is 7.93. The van der Waals surface area contributed by atoms with Gasteiger partial charge in [-0.3, -0.25) is 0 Å². The fourth-order valence-corrected chi connectivity index (χ4v) is 0. The van der Waals surface area contributed by atoms with Gasteiger partial charge in [0.2, 0.25) is 0 Å². The van der Waals surface area contributed by atoms with Gasteiger partial charge in [0.25, 0.3) is 0 Å². The summed E-state index contributed by atoms with van der Waals surface area (Å²) < 4.78 is 0. The van der Waals surface area contributed by atoms with Crippen LogP contribution in [-0.4, -0.2) is 85.1 Å². The molecule has 23 heteroatoms. The van der Waals surface area contributed by atoms with Crippen LogP contribution in [0.2, 0.25) is 0 Å². The van der Waals surface area contributed by atoms with E-state index in [2.05, 4.69) is 0 Å². The Kier molecular flexibility index (Phi) is 228. The SMILES string of the molecule is O.O.O.O.O.O.O.O.O.O=C([O-])C(=O)[O-].O=C([O-])C(=O)[O-].O=C([O-])C(=O)[O-].[La+3].[La+3]. The van der Waals surface area contributed by atoms with Gasteiger partial charge in [-0.2, -0.15) is 0 Å². The summed E-state index contributed by atoms with van der Waals surface area (Å²) in [5.74, 6) is -13.1. The zero-order valence-electron chi connectivity index (χ0n) is 13.6. The molecule has 0 fully saturated rings. The number of carboxylic acid groups (broad SMARTS) is 6. The normalized spacial score (nSPS) is 4.55. The van der Waals surface area contributed by atoms with Gasteiger partial charge in [0.05, 0.1) is 35.8 Å². The molecule has 0 aliphatic rings. The smallest absolute Gasteiger partial charge is 0.543 e. The Bertz CT molecular complexity index is 286. The van der Waals surface area contributed by atoms with Gasteiger partial charge in [-0.05, 0) is 0 Å². The molecule has 174 valence electrons. The maximum Gasteiger partial charge on any atom is 3.00 e. The molecule has 0 saturated heterocycles. The third-order valence-electron chi connectivity index (χ3n) is 0.500. The van der Waals surface area contributed by atoms with Gasteiger partial charge in [0, 0.05) is 0 Å². The van der Waals surface area contributed by atoms with E-state index in [4.69, 9.17) is 59.4 Å². The van der Waals surface area contributed by atoms with E-state index in [0.29, 0.717) is 0 Å². The third-order valence-corrected chi connectivity index (χ3v) is 0.500. The Morgan fingerprint density at radius 2 is 0.310 bits per heavy atom. The van der Waals surface area contributed by atoms with Crippen LogP contribution in [0.5, 0.6) is 0 Å². The predicted molar refractivity (Wildman–Crippen MR) is 62.6 cm³/mol. The van der Waals surface area contributed by atoms with E-state index in [-0.39, 0.29) is 120 Å². The van der Waals surface area contributed by atoms with Crippen molar-refractivity contribution in [1.29, 1.82) is 0 Å². The van der Waals surface area contributed by atoms with Crippen molar-refractivity contribution in [3.63, 3.8) is 0 Å². The molecule has 0 bridgehead atoms. The van der Waals surface area contributed by atoms with E-state index in [1.54, 1.807) is 0 Å². The van der Waals surface area contributed by atoms with E-state index < -0.39 is 35.8 Å². The minimum Gasteiger partial charge on any atom is -0.543 e. The number of carbonyl (C=O) groups is 6. The van der Waals surface area contributed by atoms with Gasteiger partial charge >= 0.3 is 71.2 Å². The molecule has 21 nitrogen and oxygen atoms in total. The second kappa shape index (κ2) is 63.2. The fraction of sp³-hybridized carbons (Fsp3) is 0. The summed E-state index contributed by atoms with van der Waals surface area (Å²) in [4.78, 5) is 53.6. The summed E-state index contributed by atoms with van der Waals surface area (Å²) >= 11 is 0. The van der Waals surface area contributed by atoms with Crippen molar-refractivity contribution < 1.29 is 180 Å². The van der Waals surface area contributed by atoms with Gasteiger partial charge in [0.1, 0.15) is 0 Å². The zero-order valence-corrected chi connectivity index (χ0v) is 20.8. The van der Waals surface area contributed by atoms with Crippen LogP contribution >= 0.6 is 0 Å². The van der Waals surface area contributed by atoms with Gasteiger partial charge < -0.3 is 109 Å². The van der Waals surface area contributed by atoms with Crippen LogP contribution < -0.4 is 30.6 Å². The molecule has 0 atom stereocenters. The molecule has 0 aliphatic heterocycles. The minimum absolute atomic E-state index is 0. The molecule has 0 radical (unpaired) electrons. The first-order valence-electron chi connectivity index (χ1n) is 3.20. The van der Waals surface area contributed by atoms with Crippen molar-refractivity contribution in [3.8, 4) is 0 Å². The van der Waals surface area contributed by atoms with E-state index in [0.717, 1.165) is 0 Å². The van der Waals surface area contributed by atoms with Crippen LogP contribution in [0, 0.1) is 71.2 Å². The van der Waals surface area contributed by atoms with Crippen molar-refractivity contribution in [1.82, 2.24) is 0 Å². The molecular weight excluding hydrogens is 686 g/mol.